The lowest BCUT2D eigenvalue weighted by atomic mass is 9.97. The van der Waals surface area contributed by atoms with Crippen LogP contribution >= 0.6 is 0 Å². The van der Waals surface area contributed by atoms with E-state index in [1.807, 2.05) is 26.8 Å². The van der Waals surface area contributed by atoms with Crippen molar-refractivity contribution < 1.29 is 38.2 Å². The zero-order valence-electron chi connectivity index (χ0n) is 26.2. The number of hydrogen-bond acceptors (Lipinski definition) is 8. The molecule has 0 saturated heterocycles. The fourth-order valence-electron chi connectivity index (χ4n) is 4.31. The topological polar surface area (TPSA) is 183 Å². The number of amides is 4. The van der Waals surface area contributed by atoms with Crippen molar-refractivity contribution in [1.82, 2.24) is 16.0 Å². The minimum Gasteiger partial charge on any atom is -0.456 e. The van der Waals surface area contributed by atoms with Gasteiger partial charge in [-0.1, -0.05) is 94.8 Å². The second-order valence-electron chi connectivity index (χ2n) is 11.2. The molecule has 0 radical (unpaired) electrons. The van der Waals surface area contributed by atoms with Crippen LogP contribution in [0.25, 0.3) is 0 Å². The van der Waals surface area contributed by atoms with Crippen LogP contribution < -0.4 is 21.7 Å². The van der Waals surface area contributed by atoms with Gasteiger partial charge in [-0.3, -0.25) is 19.2 Å². The number of alkyl carbamates (subject to hydrolysis) is 1. The minimum absolute atomic E-state index is 0.00452. The summed E-state index contributed by atoms with van der Waals surface area (Å²) in [4.78, 5) is 76.4. The molecule has 4 atom stereocenters. The van der Waals surface area contributed by atoms with E-state index in [1.165, 1.54) is 0 Å². The number of benzene rings is 2. The Morgan fingerprint density at radius 2 is 1.38 bits per heavy atom. The van der Waals surface area contributed by atoms with Crippen LogP contribution in [0, 0.1) is 11.8 Å². The molecule has 0 aliphatic carbocycles. The first kappa shape index (κ1) is 36.5. The number of esters is 1. The highest BCUT2D eigenvalue weighted by Crippen LogP contribution is 2.12. The summed E-state index contributed by atoms with van der Waals surface area (Å²) in [6.07, 6.45) is -0.509. The summed E-state index contributed by atoms with van der Waals surface area (Å²) in [5, 5.41) is 7.77. The largest absolute Gasteiger partial charge is 0.456 e. The van der Waals surface area contributed by atoms with Crippen molar-refractivity contribution in [3.63, 3.8) is 0 Å². The van der Waals surface area contributed by atoms with Crippen molar-refractivity contribution in [3.05, 3.63) is 71.8 Å². The number of nitrogens with one attached hydrogen (secondary N) is 3. The predicted octanol–water partition coefficient (Wildman–Crippen LogP) is 3.03. The van der Waals surface area contributed by atoms with E-state index < -0.39 is 60.3 Å². The maximum absolute atomic E-state index is 13.4. The van der Waals surface area contributed by atoms with E-state index in [-0.39, 0.29) is 37.7 Å². The Bertz CT molecular complexity index is 1290. The molecule has 0 heterocycles. The van der Waals surface area contributed by atoms with Crippen LogP contribution in [0.5, 0.6) is 0 Å². The Balaban J connectivity index is 2.13. The third-order valence-electron chi connectivity index (χ3n) is 7.04. The highest BCUT2D eigenvalue weighted by Gasteiger charge is 2.33. The van der Waals surface area contributed by atoms with Gasteiger partial charge in [0.25, 0.3) is 0 Å². The molecule has 0 unspecified atom stereocenters. The molecule has 0 aromatic heterocycles. The van der Waals surface area contributed by atoms with Crippen LogP contribution in [0.3, 0.4) is 0 Å². The van der Waals surface area contributed by atoms with Gasteiger partial charge in [0, 0.05) is 12.0 Å². The molecule has 12 nitrogen and oxygen atoms in total. The highest BCUT2D eigenvalue weighted by molar-refractivity contribution is 5.98. The molecule has 2 aromatic carbocycles. The number of carbonyl (C=O) groups is 6. The second-order valence-corrected chi connectivity index (χ2v) is 11.2. The number of ketones is 1. The fraction of sp³-hybridized carbons (Fsp3) is 0.455. The van der Waals surface area contributed by atoms with E-state index >= 15 is 0 Å². The van der Waals surface area contributed by atoms with E-state index in [4.69, 9.17) is 15.2 Å². The molecule has 4 amide bonds. The second kappa shape index (κ2) is 18.8. The number of ether oxygens (including phenoxy) is 2. The van der Waals surface area contributed by atoms with Crippen LogP contribution in [0.4, 0.5) is 4.79 Å². The molecule has 0 bridgehead atoms. The monoisotopic (exact) mass is 624 g/mol. The molecule has 5 N–H and O–H groups in total. The average Bonchev–Trinajstić information content (AvgIpc) is 3.02. The van der Waals surface area contributed by atoms with Crippen LogP contribution in [-0.4, -0.2) is 60.3 Å². The number of hydrogen-bond donors (Lipinski definition) is 4. The zero-order valence-corrected chi connectivity index (χ0v) is 26.2. The fourth-order valence-corrected chi connectivity index (χ4v) is 4.31. The number of rotatable bonds is 18. The van der Waals surface area contributed by atoms with Gasteiger partial charge in [0.2, 0.25) is 17.7 Å². The molecular weight excluding hydrogens is 580 g/mol. The average molecular weight is 625 g/mol. The molecule has 0 aliphatic rings. The van der Waals surface area contributed by atoms with Crippen molar-refractivity contribution in [2.24, 2.45) is 17.6 Å². The number of primary amides is 1. The van der Waals surface area contributed by atoms with Crippen LogP contribution in [0.1, 0.15) is 69.3 Å². The van der Waals surface area contributed by atoms with E-state index in [9.17, 15) is 28.8 Å². The summed E-state index contributed by atoms with van der Waals surface area (Å²) in [6, 6.07) is 13.9. The van der Waals surface area contributed by atoms with Gasteiger partial charge in [0.05, 0.1) is 0 Å². The maximum atomic E-state index is 13.4. The summed E-state index contributed by atoms with van der Waals surface area (Å²) < 4.78 is 10.5. The lowest BCUT2D eigenvalue weighted by Gasteiger charge is -2.27. The molecule has 0 aliphatic heterocycles. The maximum Gasteiger partial charge on any atom is 0.408 e. The normalized spacial score (nSPS) is 13.4. The van der Waals surface area contributed by atoms with Crippen LogP contribution in [0.15, 0.2) is 60.7 Å². The number of Topliss-reactive ketones (excluding diaryl/α,β-unsaturated/α-hetero) is 1. The van der Waals surface area contributed by atoms with Gasteiger partial charge in [-0.05, 0) is 30.2 Å². The third kappa shape index (κ3) is 13.2. The van der Waals surface area contributed by atoms with Gasteiger partial charge in [0.15, 0.2) is 12.4 Å². The molecule has 2 aromatic rings. The quantitative estimate of drug-likeness (QED) is 0.144. The smallest absolute Gasteiger partial charge is 0.408 e. The molecule has 244 valence electrons. The van der Waals surface area contributed by atoms with Gasteiger partial charge >= 0.3 is 12.1 Å². The van der Waals surface area contributed by atoms with Gasteiger partial charge in [-0.15, -0.1) is 0 Å². The van der Waals surface area contributed by atoms with Crippen molar-refractivity contribution in [2.75, 3.05) is 6.61 Å². The van der Waals surface area contributed by atoms with Crippen molar-refractivity contribution >= 4 is 35.6 Å². The van der Waals surface area contributed by atoms with E-state index in [0.29, 0.717) is 12.0 Å². The Hall–Kier alpha value is -4.74. The third-order valence-corrected chi connectivity index (χ3v) is 7.04. The van der Waals surface area contributed by atoms with E-state index in [2.05, 4.69) is 16.0 Å². The lowest BCUT2D eigenvalue weighted by molar-refractivity contribution is -0.147. The Kier molecular flexibility index (Phi) is 15.2. The lowest BCUT2D eigenvalue weighted by Crippen LogP contribution is -2.57. The van der Waals surface area contributed by atoms with Crippen molar-refractivity contribution in [2.45, 2.75) is 78.1 Å². The van der Waals surface area contributed by atoms with Crippen molar-refractivity contribution in [1.29, 1.82) is 0 Å². The Morgan fingerprint density at radius 1 is 0.778 bits per heavy atom. The molecule has 0 fully saturated rings. The summed E-state index contributed by atoms with van der Waals surface area (Å²) in [6.45, 7) is 6.75. The summed E-state index contributed by atoms with van der Waals surface area (Å²) in [5.74, 6) is -3.75. The molecule has 2 rings (SSSR count). The standard InChI is InChI=1S/C33H44N4O8/c1-5-22(4)29(37-33(43)45-19-23-12-8-6-9-13-23)31(41)35-25(16-17-28(34)39)30(40)36-26(18-21(2)3)32(42)44-20-27(38)24-14-10-7-11-15-24/h6-15,21-22,25-26,29H,5,16-20H2,1-4H3,(H2,34,39)(H,35,41)(H,36,40)(H,37,43)/t22-,25+,26-,29-/m0/s1. The molecular formula is C33H44N4O8. The SMILES string of the molecule is CC[C@H](C)[C@H](NC(=O)OCc1ccccc1)C(=O)N[C@H](CCC(N)=O)C(=O)N[C@@H](CC(C)C)C(=O)OCC(=O)c1ccccc1. The van der Waals surface area contributed by atoms with Crippen LogP contribution in [-0.2, 0) is 35.3 Å². The molecule has 45 heavy (non-hydrogen) atoms. The first-order chi connectivity index (χ1) is 21.4. The zero-order chi connectivity index (χ0) is 33.4. The summed E-state index contributed by atoms with van der Waals surface area (Å²) in [5.41, 5.74) is 6.45. The van der Waals surface area contributed by atoms with E-state index in [0.717, 1.165) is 5.56 Å². The summed E-state index contributed by atoms with van der Waals surface area (Å²) >= 11 is 0. The van der Waals surface area contributed by atoms with Crippen LogP contribution in [0.2, 0.25) is 0 Å². The summed E-state index contributed by atoms with van der Waals surface area (Å²) in [7, 11) is 0. The highest BCUT2D eigenvalue weighted by atomic mass is 16.5. The van der Waals surface area contributed by atoms with Gasteiger partial charge in [0.1, 0.15) is 24.7 Å². The number of nitrogens with two attached hydrogens (primary N) is 1. The minimum atomic E-state index is -1.27. The van der Waals surface area contributed by atoms with Crippen molar-refractivity contribution in [3.8, 4) is 0 Å². The Labute approximate surface area is 263 Å². The molecule has 12 heteroatoms. The number of carbonyl (C=O) groups excluding carboxylic acids is 6. The van der Waals surface area contributed by atoms with E-state index in [1.54, 1.807) is 61.5 Å². The predicted molar refractivity (Wildman–Crippen MR) is 166 cm³/mol. The molecule has 0 saturated carbocycles. The van der Waals surface area contributed by atoms with Gasteiger partial charge in [-0.25, -0.2) is 9.59 Å². The van der Waals surface area contributed by atoms with Gasteiger partial charge in [-0.2, -0.15) is 0 Å². The van der Waals surface area contributed by atoms with Gasteiger partial charge < -0.3 is 31.2 Å². The first-order valence-corrected chi connectivity index (χ1v) is 15.0. The molecule has 0 spiro atoms. The Morgan fingerprint density at radius 3 is 1.96 bits per heavy atom. The first-order valence-electron chi connectivity index (χ1n) is 15.0.